The van der Waals surface area contributed by atoms with Gasteiger partial charge in [-0.25, -0.2) is 0 Å². The maximum atomic E-state index is 12.2. The molecule has 3 aromatic carbocycles. The highest BCUT2D eigenvalue weighted by molar-refractivity contribution is 8.82. The summed E-state index contributed by atoms with van der Waals surface area (Å²) in [5, 5.41) is 0. The van der Waals surface area contributed by atoms with Crippen molar-refractivity contribution in [3.63, 3.8) is 0 Å². The largest absolute Gasteiger partial charge is 0.303 e. The van der Waals surface area contributed by atoms with Crippen LogP contribution in [0.2, 0.25) is 0 Å². The third-order valence-electron chi connectivity index (χ3n) is 6.00. The van der Waals surface area contributed by atoms with E-state index in [4.69, 9.17) is 0 Å². The zero-order chi connectivity index (χ0) is 26.3. The van der Waals surface area contributed by atoms with Crippen LogP contribution in [0, 0.1) is 0 Å². The Bertz CT molecular complexity index is 1020. The molecule has 0 aromatic heterocycles. The molecule has 9 unspecified atom stereocenters. The molecule has 9 atom stereocenters. The second kappa shape index (κ2) is 18.1. The predicted octanol–water partition coefficient (Wildman–Crippen LogP) is 10.0. The molecule has 0 aliphatic heterocycles. The van der Waals surface area contributed by atoms with Crippen molar-refractivity contribution in [2.45, 2.75) is 36.2 Å². The Kier molecular flexibility index (Phi) is 15.3. The maximum Gasteiger partial charge on any atom is 0.120 e. The standard InChI is InChI=1S/C27H33O3P7/c28-19-16-25(22-10-4-1-5-11-22)36(26(17-20-29)23-12-6-2-7-13-23)37(35-34-33-32-31)27(18-21-30)24-14-8-3-9-15-24/h1-15,19-21,25-27,32-35H,16-18,31H2. The van der Waals surface area contributed by atoms with Crippen LogP contribution in [0.3, 0.4) is 0 Å². The molecule has 0 aliphatic rings. The van der Waals surface area contributed by atoms with Crippen molar-refractivity contribution in [3.05, 3.63) is 108 Å². The van der Waals surface area contributed by atoms with Gasteiger partial charge in [-0.3, -0.25) is 0 Å². The van der Waals surface area contributed by atoms with Crippen LogP contribution in [-0.4, -0.2) is 18.9 Å². The van der Waals surface area contributed by atoms with E-state index in [-0.39, 0.29) is 17.0 Å². The minimum atomic E-state index is -0.843. The van der Waals surface area contributed by atoms with Crippen LogP contribution in [0.15, 0.2) is 91.0 Å². The van der Waals surface area contributed by atoms with Crippen molar-refractivity contribution in [3.8, 4) is 0 Å². The summed E-state index contributed by atoms with van der Waals surface area (Å²) < 4.78 is 0. The molecule has 0 saturated carbocycles. The first-order valence-electron chi connectivity index (χ1n) is 12.0. The molecular weight excluding hydrogens is 589 g/mol. The topological polar surface area (TPSA) is 51.2 Å². The molecule has 3 rings (SSSR count). The summed E-state index contributed by atoms with van der Waals surface area (Å²) in [4.78, 5) is 36.4. The Morgan fingerprint density at radius 2 is 0.973 bits per heavy atom. The Morgan fingerprint density at radius 3 is 1.35 bits per heavy atom. The quantitative estimate of drug-likeness (QED) is 0.0856. The molecular formula is C27H33O3P7. The van der Waals surface area contributed by atoms with Crippen LogP contribution >= 0.6 is 55.7 Å². The fourth-order valence-corrected chi connectivity index (χ4v) is 46.9. The monoisotopic (exact) mass is 622 g/mol. The summed E-state index contributed by atoms with van der Waals surface area (Å²) in [6.45, 7) is 0. The first-order chi connectivity index (χ1) is 18.2. The van der Waals surface area contributed by atoms with Crippen molar-refractivity contribution >= 4 is 74.5 Å². The number of carbonyl (C=O) groups excluding carboxylic acids is 3. The fourth-order valence-electron chi connectivity index (χ4n) is 4.41. The van der Waals surface area contributed by atoms with Gasteiger partial charge in [0.25, 0.3) is 0 Å². The summed E-state index contributed by atoms with van der Waals surface area (Å²) in [5.74, 6) is 0. The SMILES string of the molecule is O=CCC(c1ccccc1)P(PPPPP)P(C(CC=O)c1ccccc1)C(CC=O)c1ccccc1. The van der Waals surface area contributed by atoms with E-state index in [1.165, 1.54) is 16.7 Å². The molecule has 3 aromatic rings. The molecule has 0 spiro atoms. The number of carbonyl (C=O) groups is 3. The van der Waals surface area contributed by atoms with E-state index in [9.17, 15) is 14.4 Å². The highest BCUT2D eigenvalue weighted by atomic mass is 32.8. The molecule has 0 saturated heterocycles. The van der Waals surface area contributed by atoms with Gasteiger partial charge in [-0.05, 0) is 24.0 Å². The van der Waals surface area contributed by atoms with Crippen LogP contribution in [0.5, 0.6) is 0 Å². The van der Waals surface area contributed by atoms with E-state index >= 15 is 0 Å². The average Bonchev–Trinajstić information content (AvgIpc) is 2.95. The van der Waals surface area contributed by atoms with E-state index in [1.807, 2.05) is 42.5 Å². The minimum absolute atomic E-state index is 0.0434. The summed E-state index contributed by atoms with van der Waals surface area (Å²) in [5.41, 5.74) is 3.75. The van der Waals surface area contributed by atoms with Gasteiger partial charge in [-0.2, -0.15) is 0 Å². The number of hydrogen-bond donors (Lipinski definition) is 0. The molecule has 10 heteroatoms. The first-order valence-corrected chi connectivity index (χ1v) is 25.2. The van der Waals surface area contributed by atoms with Crippen molar-refractivity contribution in [1.29, 1.82) is 0 Å². The fraction of sp³-hybridized carbons (Fsp3) is 0.222. The number of aldehydes is 3. The van der Waals surface area contributed by atoms with Gasteiger partial charge in [-0.15, -0.1) is 8.93 Å². The number of hydrogen-bond acceptors (Lipinski definition) is 3. The van der Waals surface area contributed by atoms with Crippen LogP contribution in [0.25, 0.3) is 0 Å². The van der Waals surface area contributed by atoms with Crippen LogP contribution in [-0.2, 0) is 14.4 Å². The van der Waals surface area contributed by atoms with Crippen molar-refractivity contribution in [2.75, 3.05) is 0 Å². The highest BCUT2D eigenvalue weighted by Crippen LogP contribution is 2.98. The van der Waals surface area contributed by atoms with Gasteiger partial charge in [0.2, 0.25) is 0 Å². The third kappa shape index (κ3) is 9.38. The lowest BCUT2D eigenvalue weighted by Gasteiger charge is -2.43. The average molecular weight is 622 g/mol. The lowest BCUT2D eigenvalue weighted by atomic mass is 10.1. The second-order valence-electron chi connectivity index (χ2n) is 8.22. The number of rotatable bonds is 17. The van der Waals surface area contributed by atoms with Gasteiger partial charge < -0.3 is 14.4 Å². The first kappa shape index (κ1) is 31.2. The van der Waals surface area contributed by atoms with E-state index in [2.05, 4.69) is 57.5 Å². The van der Waals surface area contributed by atoms with E-state index < -0.39 is 14.9 Å². The zero-order valence-electron chi connectivity index (χ0n) is 20.4. The molecule has 0 aliphatic carbocycles. The molecule has 194 valence electrons. The van der Waals surface area contributed by atoms with E-state index in [1.54, 1.807) is 0 Å². The highest BCUT2D eigenvalue weighted by Gasteiger charge is 2.40. The van der Waals surface area contributed by atoms with E-state index in [0.717, 1.165) is 50.7 Å². The Labute approximate surface area is 232 Å². The van der Waals surface area contributed by atoms with Gasteiger partial charge in [0.05, 0.1) is 0 Å². The maximum absolute atomic E-state index is 12.2. The molecule has 0 amide bonds. The van der Waals surface area contributed by atoms with Crippen LogP contribution < -0.4 is 0 Å². The van der Waals surface area contributed by atoms with Crippen LogP contribution in [0.1, 0.15) is 52.9 Å². The molecule has 3 nitrogen and oxygen atoms in total. The lowest BCUT2D eigenvalue weighted by Crippen LogP contribution is -2.08. The summed E-state index contributed by atoms with van der Waals surface area (Å²) in [7, 11) is 4.71. The second-order valence-corrected chi connectivity index (χ2v) is 29.9. The molecule has 0 N–H and O–H groups in total. The van der Waals surface area contributed by atoms with Gasteiger partial charge in [0, 0.05) is 36.2 Å². The molecule has 0 heterocycles. The number of benzene rings is 3. The molecule has 0 radical (unpaired) electrons. The zero-order valence-corrected chi connectivity index (χ0v) is 27.4. The smallest absolute Gasteiger partial charge is 0.120 e. The van der Waals surface area contributed by atoms with Gasteiger partial charge in [0.1, 0.15) is 18.9 Å². The van der Waals surface area contributed by atoms with Gasteiger partial charge >= 0.3 is 0 Å². The minimum Gasteiger partial charge on any atom is -0.303 e. The van der Waals surface area contributed by atoms with Crippen molar-refractivity contribution in [2.24, 2.45) is 0 Å². The summed E-state index contributed by atoms with van der Waals surface area (Å²) in [6.07, 6.45) is 4.52. The Hall–Kier alpha value is -0.320. The van der Waals surface area contributed by atoms with Crippen LogP contribution in [0.4, 0.5) is 0 Å². The lowest BCUT2D eigenvalue weighted by molar-refractivity contribution is -0.108. The van der Waals surface area contributed by atoms with Gasteiger partial charge in [-0.1, -0.05) is 130 Å². The summed E-state index contributed by atoms with van der Waals surface area (Å²) in [6, 6.07) is 31.2. The predicted molar refractivity (Wildman–Crippen MR) is 176 cm³/mol. The Balaban J connectivity index is 2.24. The van der Waals surface area contributed by atoms with E-state index in [0.29, 0.717) is 19.3 Å². The molecule has 0 bridgehead atoms. The molecule has 37 heavy (non-hydrogen) atoms. The molecule has 0 fully saturated rings. The van der Waals surface area contributed by atoms with Crippen molar-refractivity contribution < 1.29 is 14.4 Å². The normalized spacial score (nSPS) is 16.5. The van der Waals surface area contributed by atoms with Gasteiger partial charge in [0.15, 0.2) is 0 Å². The third-order valence-corrected chi connectivity index (χ3v) is 37.8. The Morgan fingerprint density at radius 1 is 0.595 bits per heavy atom. The van der Waals surface area contributed by atoms with Crippen molar-refractivity contribution in [1.82, 2.24) is 0 Å². The summed E-state index contributed by atoms with van der Waals surface area (Å²) >= 11 is 0.